The lowest BCUT2D eigenvalue weighted by atomic mass is 10.1. The van der Waals surface area contributed by atoms with Gasteiger partial charge in [-0.3, -0.25) is 4.79 Å². The van der Waals surface area contributed by atoms with Crippen LogP contribution in [0.25, 0.3) is 0 Å². The number of halogens is 1. The quantitative estimate of drug-likeness (QED) is 0.645. The first-order valence-electron chi connectivity index (χ1n) is 5.97. The molecule has 0 bridgehead atoms. The Balaban J connectivity index is 3.04. The van der Waals surface area contributed by atoms with Gasteiger partial charge in [-0.25, -0.2) is 4.39 Å². The van der Waals surface area contributed by atoms with Crippen LogP contribution in [0, 0.1) is 12.7 Å². The van der Waals surface area contributed by atoms with Gasteiger partial charge in [-0.05, 0) is 25.5 Å². The van der Waals surface area contributed by atoms with Crippen LogP contribution in [0.1, 0.15) is 29.3 Å². The van der Waals surface area contributed by atoms with Crippen molar-refractivity contribution in [3.05, 3.63) is 41.7 Å². The normalized spacial score (nSPS) is 10.2. The molecule has 0 saturated heterocycles. The van der Waals surface area contributed by atoms with Gasteiger partial charge in [0.15, 0.2) is 0 Å². The van der Waals surface area contributed by atoms with E-state index in [9.17, 15) is 9.18 Å². The van der Waals surface area contributed by atoms with E-state index < -0.39 is 5.82 Å². The lowest BCUT2D eigenvalue weighted by molar-refractivity contribution is 0.0773. The van der Waals surface area contributed by atoms with Crippen molar-refractivity contribution in [2.24, 2.45) is 0 Å². The van der Waals surface area contributed by atoms with E-state index in [1.54, 1.807) is 17.9 Å². The molecule has 0 aromatic heterocycles. The number of nitrogens with zero attached hydrogens (tertiary/aromatic N) is 1. The van der Waals surface area contributed by atoms with E-state index >= 15 is 0 Å². The van der Waals surface area contributed by atoms with E-state index in [0.29, 0.717) is 24.3 Å². The Morgan fingerprint density at radius 2 is 2.22 bits per heavy atom. The van der Waals surface area contributed by atoms with E-state index in [1.807, 2.05) is 6.92 Å². The van der Waals surface area contributed by atoms with E-state index in [1.165, 1.54) is 12.1 Å². The van der Waals surface area contributed by atoms with Crippen molar-refractivity contribution in [1.29, 1.82) is 0 Å². The molecule has 0 aliphatic rings. The van der Waals surface area contributed by atoms with Crippen molar-refractivity contribution in [2.75, 3.05) is 18.8 Å². The molecule has 0 fully saturated rings. The van der Waals surface area contributed by atoms with Crippen molar-refractivity contribution < 1.29 is 9.18 Å². The highest BCUT2D eigenvalue weighted by atomic mass is 19.1. The molecule has 1 aromatic carbocycles. The summed E-state index contributed by atoms with van der Waals surface area (Å²) < 4.78 is 13.6. The molecule has 98 valence electrons. The van der Waals surface area contributed by atoms with Gasteiger partial charge in [-0.15, -0.1) is 6.58 Å². The first-order chi connectivity index (χ1) is 8.51. The molecule has 0 atom stereocenters. The molecule has 0 unspecified atom stereocenters. The molecular formula is C14H19FN2O. The minimum absolute atomic E-state index is 0.220. The van der Waals surface area contributed by atoms with Gasteiger partial charge in [-0.2, -0.15) is 0 Å². The minimum Gasteiger partial charge on any atom is -0.398 e. The Kier molecular flexibility index (Phi) is 4.89. The van der Waals surface area contributed by atoms with Crippen LogP contribution in [0.4, 0.5) is 10.1 Å². The van der Waals surface area contributed by atoms with Crippen LogP contribution in [0.5, 0.6) is 0 Å². The second-order valence-electron chi connectivity index (χ2n) is 4.21. The number of benzene rings is 1. The summed E-state index contributed by atoms with van der Waals surface area (Å²) in [5, 5.41) is 0. The van der Waals surface area contributed by atoms with Gasteiger partial charge in [-0.1, -0.05) is 13.0 Å². The Morgan fingerprint density at radius 1 is 1.56 bits per heavy atom. The Hall–Kier alpha value is -1.84. The van der Waals surface area contributed by atoms with Crippen LogP contribution >= 0.6 is 0 Å². The van der Waals surface area contributed by atoms with E-state index in [0.717, 1.165) is 6.42 Å². The van der Waals surface area contributed by atoms with Gasteiger partial charge < -0.3 is 10.6 Å². The zero-order chi connectivity index (χ0) is 13.7. The fourth-order valence-electron chi connectivity index (χ4n) is 1.71. The molecule has 3 nitrogen and oxygen atoms in total. The van der Waals surface area contributed by atoms with Crippen molar-refractivity contribution in [1.82, 2.24) is 4.90 Å². The number of hydrogen-bond acceptors (Lipinski definition) is 2. The molecule has 18 heavy (non-hydrogen) atoms. The number of rotatable bonds is 5. The maximum Gasteiger partial charge on any atom is 0.254 e. The number of carbonyl (C=O) groups excluding carboxylic acids is 1. The fraction of sp³-hybridized carbons (Fsp3) is 0.357. The number of amides is 1. The van der Waals surface area contributed by atoms with Gasteiger partial charge in [0.05, 0.1) is 0 Å². The molecule has 1 aromatic rings. The number of carbonyl (C=O) groups is 1. The average molecular weight is 250 g/mol. The largest absolute Gasteiger partial charge is 0.398 e. The summed E-state index contributed by atoms with van der Waals surface area (Å²) in [4.78, 5) is 13.8. The molecule has 0 saturated carbocycles. The fourth-order valence-corrected chi connectivity index (χ4v) is 1.71. The van der Waals surface area contributed by atoms with Crippen LogP contribution in [0.3, 0.4) is 0 Å². The van der Waals surface area contributed by atoms with E-state index in [2.05, 4.69) is 6.58 Å². The highest BCUT2D eigenvalue weighted by molar-refractivity contribution is 5.95. The molecule has 2 N–H and O–H groups in total. The molecule has 0 aliphatic carbocycles. The molecule has 0 heterocycles. The monoisotopic (exact) mass is 250 g/mol. The molecule has 4 heteroatoms. The third kappa shape index (κ3) is 3.09. The van der Waals surface area contributed by atoms with Crippen LogP contribution in [0.2, 0.25) is 0 Å². The summed E-state index contributed by atoms with van der Waals surface area (Å²) >= 11 is 0. The lowest BCUT2D eigenvalue weighted by Gasteiger charge is -2.20. The van der Waals surface area contributed by atoms with Crippen LogP contribution in [0.15, 0.2) is 24.8 Å². The van der Waals surface area contributed by atoms with E-state index in [-0.39, 0.29) is 11.5 Å². The number of hydrogen-bond donors (Lipinski definition) is 1. The SMILES string of the molecule is C=CCN(CCC)C(=O)c1cc(N)c(C)c(F)c1. The third-order valence-corrected chi connectivity index (χ3v) is 2.76. The smallest absolute Gasteiger partial charge is 0.254 e. The molecule has 0 spiro atoms. The topological polar surface area (TPSA) is 46.3 Å². The van der Waals surface area contributed by atoms with Crippen molar-refractivity contribution in [2.45, 2.75) is 20.3 Å². The number of anilines is 1. The van der Waals surface area contributed by atoms with Crippen molar-refractivity contribution >= 4 is 11.6 Å². The number of nitrogen functional groups attached to an aromatic ring is 1. The van der Waals surface area contributed by atoms with E-state index in [4.69, 9.17) is 5.73 Å². The van der Waals surface area contributed by atoms with Gasteiger partial charge in [0.1, 0.15) is 5.82 Å². The summed E-state index contributed by atoms with van der Waals surface area (Å²) in [6, 6.07) is 2.76. The Labute approximate surface area is 107 Å². The van der Waals surface area contributed by atoms with Crippen molar-refractivity contribution in [3.8, 4) is 0 Å². The molecule has 0 aliphatic heterocycles. The molecule has 1 amide bonds. The van der Waals surface area contributed by atoms with Gasteiger partial charge in [0, 0.05) is 29.9 Å². The predicted octanol–water partition coefficient (Wildman–Crippen LogP) is 2.75. The van der Waals surface area contributed by atoms with Gasteiger partial charge >= 0.3 is 0 Å². The first kappa shape index (κ1) is 14.2. The van der Waals surface area contributed by atoms with Crippen LogP contribution in [-0.2, 0) is 0 Å². The third-order valence-electron chi connectivity index (χ3n) is 2.76. The van der Waals surface area contributed by atoms with Crippen LogP contribution < -0.4 is 5.73 Å². The highest BCUT2D eigenvalue weighted by Crippen LogP contribution is 2.19. The molecule has 1 rings (SSSR count). The molecule has 0 radical (unpaired) electrons. The maximum absolute atomic E-state index is 13.6. The summed E-state index contributed by atoms with van der Waals surface area (Å²) in [7, 11) is 0. The second kappa shape index (κ2) is 6.19. The van der Waals surface area contributed by atoms with Gasteiger partial charge in [0.2, 0.25) is 0 Å². The maximum atomic E-state index is 13.6. The zero-order valence-corrected chi connectivity index (χ0v) is 10.9. The summed E-state index contributed by atoms with van der Waals surface area (Å²) in [6.07, 6.45) is 2.49. The van der Waals surface area contributed by atoms with Crippen LogP contribution in [-0.4, -0.2) is 23.9 Å². The Morgan fingerprint density at radius 3 is 2.72 bits per heavy atom. The number of nitrogens with two attached hydrogens (primary N) is 1. The second-order valence-corrected chi connectivity index (χ2v) is 4.21. The minimum atomic E-state index is -0.451. The Bertz CT molecular complexity index is 434. The first-order valence-corrected chi connectivity index (χ1v) is 5.97. The van der Waals surface area contributed by atoms with Gasteiger partial charge in [0.25, 0.3) is 5.91 Å². The zero-order valence-electron chi connectivity index (χ0n) is 10.9. The van der Waals surface area contributed by atoms with Crippen molar-refractivity contribution in [3.63, 3.8) is 0 Å². The lowest BCUT2D eigenvalue weighted by Crippen LogP contribution is -2.32. The molecular weight excluding hydrogens is 231 g/mol. The average Bonchev–Trinajstić information content (AvgIpc) is 2.34. The summed E-state index contributed by atoms with van der Waals surface area (Å²) in [6.45, 7) is 8.24. The standard InChI is InChI=1S/C14H19FN2O/c1-4-6-17(7-5-2)14(18)11-8-12(15)10(3)13(16)9-11/h4,8-9H,1,5-7,16H2,2-3H3. The summed E-state index contributed by atoms with van der Waals surface area (Å²) in [5.74, 6) is -0.671. The predicted molar refractivity (Wildman–Crippen MR) is 71.9 cm³/mol. The highest BCUT2D eigenvalue weighted by Gasteiger charge is 2.16. The summed E-state index contributed by atoms with van der Waals surface area (Å²) in [5.41, 5.74) is 6.63.